The highest BCUT2D eigenvalue weighted by atomic mass is 35.5. The molecule has 2 aromatic heterocycles. The van der Waals surface area contributed by atoms with Crippen molar-refractivity contribution in [3.63, 3.8) is 0 Å². The number of aryl methyl sites for hydroxylation is 1. The highest BCUT2D eigenvalue weighted by Gasteiger charge is 2.14. The largest absolute Gasteiger partial charge is 0.338 e. The molecule has 0 saturated carbocycles. The Morgan fingerprint density at radius 1 is 1.33 bits per heavy atom. The second kappa shape index (κ2) is 9.69. The van der Waals surface area contributed by atoms with E-state index >= 15 is 0 Å². The lowest BCUT2D eigenvalue weighted by Gasteiger charge is -2.14. The number of hydrogen-bond donors (Lipinski definition) is 2. The average Bonchev–Trinajstić information content (AvgIpc) is 3.04. The topological polar surface area (TPSA) is 74.6 Å². The Morgan fingerprint density at radius 3 is 2.80 bits per heavy atom. The number of benzene rings is 1. The molecule has 9 heteroatoms. The summed E-state index contributed by atoms with van der Waals surface area (Å²) in [5.74, 6) is -0.190. The summed E-state index contributed by atoms with van der Waals surface area (Å²) >= 11 is 5.86. The minimum absolute atomic E-state index is 0.0154. The molecule has 0 radical (unpaired) electrons. The third-order valence-corrected chi connectivity index (χ3v) is 5.08. The minimum Gasteiger partial charge on any atom is -0.338 e. The van der Waals surface area contributed by atoms with Crippen molar-refractivity contribution in [2.75, 3.05) is 30.3 Å². The molecule has 2 N–H and O–H groups in total. The van der Waals surface area contributed by atoms with Crippen LogP contribution >= 0.6 is 11.6 Å². The van der Waals surface area contributed by atoms with Crippen LogP contribution in [0, 0.1) is 12.7 Å². The van der Waals surface area contributed by atoms with Crippen molar-refractivity contribution < 1.29 is 9.18 Å². The van der Waals surface area contributed by atoms with E-state index in [2.05, 4.69) is 39.5 Å². The van der Waals surface area contributed by atoms with Crippen LogP contribution in [0.1, 0.15) is 19.4 Å². The standard InChI is InChI=1S/C21H24ClFN6O/c1-4-28(5-2)10-6-7-19(30)27-18-12-29-20(14(18)3)21(24-13-25-29)26-15-8-9-17(23)16(22)11-15/h6-9,11-13H,4-5,10H2,1-3H3,(H,27,30)(H,24,25,26)/b7-6+. The number of rotatable bonds is 8. The predicted octanol–water partition coefficient (Wildman–Crippen LogP) is 4.41. The number of nitrogens with one attached hydrogen (secondary N) is 2. The van der Waals surface area contributed by atoms with E-state index in [9.17, 15) is 9.18 Å². The van der Waals surface area contributed by atoms with Gasteiger partial charge in [0.15, 0.2) is 5.82 Å². The first-order chi connectivity index (χ1) is 14.4. The van der Waals surface area contributed by atoms with Gasteiger partial charge in [-0.3, -0.25) is 4.79 Å². The smallest absolute Gasteiger partial charge is 0.248 e. The quantitative estimate of drug-likeness (QED) is 0.518. The van der Waals surface area contributed by atoms with Gasteiger partial charge in [-0.25, -0.2) is 13.9 Å². The molecule has 0 aliphatic rings. The zero-order valence-electron chi connectivity index (χ0n) is 17.1. The zero-order valence-corrected chi connectivity index (χ0v) is 17.9. The van der Waals surface area contributed by atoms with E-state index < -0.39 is 5.82 Å². The Bertz CT molecular complexity index is 1080. The molecule has 1 amide bonds. The van der Waals surface area contributed by atoms with Gasteiger partial charge < -0.3 is 15.5 Å². The molecule has 0 bridgehead atoms. The predicted molar refractivity (Wildman–Crippen MR) is 118 cm³/mol. The SMILES string of the molecule is CCN(CC)C/C=C/C(=O)Nc1cn2ncnc(Nc3ccc(F)c(Cl)c3)c2c1C. The summed E-state index contributed by atoms with van der Waals surface area (Å²) in [6.07, 6.45) is 6.50. The lowest BCUT2D eigenvalue weighted by molar-refractivity contribution is -0.111. The van der Waals surface area contributed by atoms with E-state index in [0.29, 0.717) is 22.7 Å². The van der Waals surface area contributed by atoms with Crippen LogP contribution in [0.5, 0.6) is 0 Å². The molecule has 1 aromatic carbocycles. The summed E-state index contributed by atoms with van der Waals surface area (Å²) in [6, 6.07) is 4.34. The van der Waals surface area contributed by atoms with Crippen LogP contribution in [0.2, 0.25) is 5.02 Å². The molecule has 0 aliphatic carbocycles. The molecule has 0 spiro atoms. The van der Waals surface area contributed by atoms with Crippen molar-refractivity contribution in [3.05, 3.63) is 59.3 Å². The number of carbonyl (C=O) groups excluding carboxylic acids is 1. The summed E-state index contributed by atoms with van der Waals surface area (Å²) in [5, 5.41) is 10.2. The fourth-order valence-corrected chi connectivity index (χ4v) is 3.23. The molecule has 0 unspecified atom stereocenters. The number of nitrogens with zero attached hydrogens (tertiary/aromatic N) is 4. The van der Waals surface area contributed by atoms with Gasteiger partial charge in [0.2, 0.25) is 5.91 Å². The van der Waals surface area contributed by atoms with Gasteiger partial charge in [0, 0.05) is 23.9 Å². The Labute approximate surface area is 179 Å². The Hall–Kier alpha value is -2.97. The number of fused-ring (bicyclic) bond motifs is 1. The molecule has 0 atom stereocenters. The summed E-state index contributed by atoms with van der Waals surface area (Å²) in [4.78, 5) is 18.8. The normalized spacial score (nSPS) is 11.5. The molecule has 3 aromatic rings. The van der Waals surface area contributed by atoms with E-state index in [0.717, 1.165) is 25.2 Å². The number of amides is 1. The van der Waals surface area contributed by atoms with Crippen LogP contribution < -0.4 is 10.6 Å². The second-order valence-corrected chi connectivity index (χ2v) is 7.11. The average molecular weight is 431 g/mol. The highest BCUT2D eigenvalue weighted by Crippen LogP contribution is 2.29. The molecule has 0 aliphatic heterocycles. The van der Waals surface area contributed by atoms with Crippen molar-refractivity contribution in [2.45, 2.75) is 20.8 Å². The number of aromatic nitrogens is 3. The first-order valence-electron chi connectivity index (χ1n) is 9.67. The third-order valence-electron chi connectivity index (χ3n) is 4.79. The number of likely N-dealkylation sites (N-methyl/N-ethyl adjacent to an activating group) is 1. The maximum absolute atomic E-state index is 13.4. The maximum Gasteiger partial charge on any atom is 0.248 e. The molecule has 30 heavy (non-hydrogen) atoms. The fraction of sp³-hybridized carbons (Fsp3) is 0.286. The van der Waals surface area contributed by atoms with Crippen LogP contribution in [0.4, 0.5) is 21.6 Å². The van der Waals surface area contributed by atoms with Gasteiger partial charge in [0.05, 0.1) is 16.9 Å². The van der Waals surface area contributed by atoms with E-state index in [1.165, 1.54) is 24.5 Å². The summed E-state index contributed by atoms with van der Waals surface area (Å²) in [7, 11) is 0. The van der Waals surface area contributed by atoms with Gasteiger partial charge in [0.25, 0.3) is 0 Å². The van der Waals surface area contributed by atoms with Crippen LogP contribution in [0.3, 0.4) is 0 Å². The fourth-order valence-electron chi connectivity index (χ4n) is 3.05. The van der Waals surface area contributed by atoms with Crippen LogP contribution in [0.25, 0.3) is 5.52 Å². The number of carbonyl (C=O) groups is 1. The van der Waals surface area contributed by atoms with E-state index in [1.54, 1.807) is 16.8 Å². The Balaban J connectivity index is 1.80. The highest BCUT2D eigenvalue weighted by molar-refractivity contribution is 6.31. The van der Waals surface area contributed by atoms with E-state index in [4.69, 9.17) is 11.6 Å². The molecule has 0 saturated heterocycles. The van der Waals surface area contributed by atoms with E-state index in [-0.39, 0.29) is 10.9 Å². The monoisotopic (exact) mass is 430 g/mol. The van der Waals surface area contributed by atoms with Crippen LogP contribution in [0.15, 0.2) is 42.9 Å². The number of hydrogen-bond acceptors (Lipinski definition) is 5. The van der Waals surface area contributed by atoms with Gasteiger partial charge in [-0.15, -0.1) is 0 Å². The summed E-state index contributed by atoms with van der Waals surface area (Å²) in [5.41, 5.74) is 2.72. The Kier molecular flexibility index (Phi) is 7.02. The summed E-state index contributed by atoms with van der Waals surface area (Å²) < 4.78 is 15.0. The second-order valence-electron chi connectivity index (χ2n) is 6.70. The van der Waals surface area contributed by atoms with Gasteiger partial charge in [-0.05, 0) is 38.2 Å². The zero-order chi connectivity index (χ0) is 21.7. The third kappa shape index (κ3) is 4.95. The molecular weight excluding hydrogens is 407 g/mol. The van der Waals surface area contributed by atoms with Crippen molar-refractivity contribution >= 4 is 40.2 Å². The molecule has 158 valence electrons. The molecule has 2 heterocycles. The summed E-state index contributed by atoms with van der Waals surface area (Å²) in [6.45, 7) is 8.62. The van der Waals surface area contributed by atoms with Crippen LogP contribution in [-0.2, 0) is 4.79 Å². The molecule has 0 fully saturated rings. The molecule has 7 nitrogen and oxygen atoms in total. The number of anilines is 3. The van der Waals surface area contributed by atoms with Crippen molar-refractivity contribution in [3.8, 4) is 0 Å². The lowest BCUT2D eigenvalue weighted by Crippen LogP contribution is -2.23. The van der Waals surface area contributed by atoms with Crippen molar-refractivity contribution in [1.29, 1.82) is 0 Å². The minimum atomic E-state index is -0.493. The molecule has 3 rings (SSSR count). The number of halogens is 2. The molecular formula is C21H24ClFN6O. The van der Waals surface area contributed by atoms with Crippen molar-refractivity contribution in [1.82, 2.24) is 19.5 Å². The van der Waals surface area contributed by atoms with Crippen molar-refractivity contribution in [2.24, 2.45) is 0 Å². The maximum atomic E-state index is 13.4. The van der Waals surface area contributed by atoms with Gasteiger partial charge >= 0.3 is 0 Å². The first kappa shape index (κ1) is 21.7. The van der Waals surface area contributed by atoms with E-state index in [1.807, 2.05) is 13.0 Å². The van der Waals surface area contributed by atoms with Gasteiger partial charge in [0.1, 0.15) is 17.7 Å². The lowest BCUT2D eigenvalue weighted by atomic mass is 10.2. The first-order valence-corrected chi connectivity index (χ1v) is 10.1. The Morgan fingerprint density at radius 2 is 2.10 bits per heavy atom. The van der Waals surface area contributed by atoms with Crippen LogP contribution in [-0.4, -0.2) is 45.0 Å². The van der Waals surface area contributed by atoms with Gasteiger partial charge in [-0.2, -0.15) is 5.10 Å². The van der Waals surface area contributed by atoms with Gasteiger partial charge in [-0.1, -0.05) is 31.5 Å².